The van der Waals surface area contributed by atoms with E-state index >= 15 is 0 Å². The van der Waals surface area contributed by atoms with Crippen molar-refractivity contribution in [1.82, 2.24) is 5.32 Å². The number of hydrogen-bond acceptors (Lipinski definition) is 1. The lowest BCUT2D eigenvalue weighted by atomic mass is 9.48. The summed E-state index contributed by atoms with van der Waals surface area (Å²) in [6.45, 7) is 9.86. The van der Waals surface area contributed by atoms with Crippen LogP contribution in [0.5, 0.6) is 0 Å². The standard InChI is InChI=1S/C18H31N/c1-4-5-19-17(13(2)3)12-18-9-14-6-15(10-18)8-16(7-14)11-18/h14-17,19H,2,4-12H2,1,3H3. The third-order valence-corrected chi connectivity index (χ3v) is 6.04. The molecule has 0 aromatic rings. The van der Waals surface area contributed by atoms with Gasteiger partial charge in [-0.2, -0.15) is 0 Å². The Labute approximate surface area is 119 Å². The molecule has 0 saturated heterocycles. The van der Waals surface area contributed by atoms with Gasteiger partial charge in [-0.15, -0.1) is 0 Å². The molecule has 4 aliphatic rings. The first-order valence-electron chi connectivity index (χ1n) is 8.49. The maximum Gasteiger partial charge on any atom is 0.0279 e. The number of nitrogens with one attached hydrogen (secondary N) is 1. The molecule has 1 N–H and O–H groups in total. The lowest BCUT2D eigenvalue weighted by Crippen LogP contribution is -2.49. The summed E-state index contributed by atoms with van der Waals surface area (Å²) < 4.78 is 0. The summed E-state index contributed by atoms with van der Waals surface area (Å²) >= 11 is 0. The smallest absolute Gasteiger partial charge is 0.0279 e. The summed E-state index contributed by atoms with van der Waals surface area (Å²) in [4.78, 5) is 0. The second-order valence-corrected chi connectivity index (χ2v) is 7.97. The second-order valence-electron chi connectivity index (χ2n) is 7.97. The molecule has 0 aliphatic heterocycles. The van der Waals surface area contributed by atoms with Gasteiger partial charge in [-0.05, 0) is 88.0 Å². The zero-order valence-electron chi connectivity index (χ0n) is 12.9. The van der Waals surface area contributed by atoms with Crippen molar-refractivity contribution >= 4 is 0 Å². The molecule has 1 heteroatoms. The summed E-state index contributed by atoms with van der Waals surface area (Å²) in [6, 6.07) is 0.566. The first-order valence-corrected chi connectivity index (χ1v) is 8.49. The van der Waals surface area contributed by atoms with Crippen molar-refractivity contribution in [3.05, 3.63) is 12.2 Å². The Morgan fingerprint density at radius 3 is 2.11 bits per heavy atom. The van der Waals surface area contributed by atoms with Crippen LogP contribution < -0.4 is 5.32 Å². The molecule has 4 fully saturated rings. The molecule has 108 valence electrons. The lowest BCUT2D eigenvalue weighted by Gasteiger charge is -2.57. The summed E-state index contributed by atoms with van der Waals surface area (Å²) in [5.74, 6) is 3.22. The molecule has 1 nitrogen and oxygen atoms in total. The van der Waals surface area contributed by atoms with Crippen molar-refractivity contribution in [1.29, 1.82) is 0 Å². The van der Waals surface area contributed by atoms with Crippen LogP contribution in [0.2, 0.25) is 0 Å². The quantitative estimate of drug-likeness (QED) is 0.692. The van der Waals surface area contributed by atoms with Gasteiger partial charge in [0.15, 0.2) is 0 Å². The fourth-order valence-corrected chi connectivity index (χ4v) is 5.71. The van der Waals surface area contributed by atoms with Gasteiger partial charge in [-0.1, -0.05) is 19.1 Å². The molecule has 0 spiro atoms. The van der Waals surface area contributed by atoms with Gasteiger partial charge in [0.05, 0.1) is 0 Å². The van der Waals surface area contributed by atoms with E-state index in [1.165, 1.54) is 37.7 Å². The highest BCUT2D eigenvalue weighted by molar-refractivity contribution is 5.08. The monoisotopic (exact) mass is 261 g/mol. The Hall–Kier alpha value is -0.300. The first kappa shape index (κ1) is 13.7. The minimum Gasteiger partial charge on any atom is -0.310 e. The molecule has 0 heterocycles. The normalized spacial score (nSPS) is 41.5. The van der Waals surface area contributed by atoms with Crippen LogP contribution in [0, 0.1) is 23.2 Å². The van der Waals surface area contributed by atoms with Crippen LogP contribution in [0.15, 0.2) is 12.2 Å². The van der Waals surface area contributed by atoms with E-state index in [0.717, 1.165) is 24.3 Å². The molecular weight excluding hydrogens is 230 g/mol. The molecule has 0 aromatic carbocycles. The molecule has 4 aliphatic carbocycles. The van der Waals surface area contributed by atoms with E-state index < -0.39 is 0 Å². The van der Waals surface area contributed by atoms with Crippen LogP contribution in [0.25, 0.3) is 0 Å². The largest absolute Gasteiger partial charge is 0.310 e. The van der Waals surface area contributed by atoms with E-state index in [1.54, 1.807) is 19.3 Å². The topological polar surface area (TPSA) is 12.0 Å². The molecule has 19 heavy (non-hydrogen) atoms. The predicted molar refractivity (Wildman–Crippen MR) is 82.1 cm³/mol. The Kier molecular flexibility index (Phi) is 3.77. The van der Waals surface area contributed by atoms with Crippen molar-refractivity contribution < 1.29 is 0 Å². The number of hydrogen-bond donors (Lipinski definition) is 1. The first-order chi connectivity index (χ1) is 9.10. The molecule has 4 rings (SSSR count). The molecule has 0 aromatic heterocycles. The van der Waals surface area contributed by atoms with Gasteiger partial charge in [0.25, 0.3) is 0 Å². The van der Waals surface area contributed by atoms with Crippen molar-refractivity contribution in [2.24, 2.45) is 23.2 Å². The SMILES string of the molecule is C=C(C)C(CC12CC3CC(CC(C3)C1)C2)NCCC. The highest BCUT2D eigenvalue weighted by atomic mass is 14.9. The average Bonchev–Trinajstić information content (AvgIpc) is 2.32. The third kappa shape index (κ3) is 2.77. The summed E-state index contributed by atoms with van der Waals surface area (Å²) in [5, 5.41) is 3.74. The summed E-state index contributed by atoms with van der Waals surface area (Å²) in [6.07, 6.45) is 11.8. The van der Waals surface area contributed by atoms with E-state index in [2.05, 4.69) is 25.7 Å². The molecule has 0 amide bonds. The van der Waals surface area contributed by atoms with E-state index in [0.29, 0.717) is 11.5 Å². The summed E-state index contributed by atoms with van der Waals surface area (Å²) in [5.41, 5.74) is 2.03. The van der Waals surface area contributed by atoms with Crippen LogP contribution in [-0.4, -0.2) is 12.6 Å². The van der Waals surface area contributed by atoms with Crippen molar-refractivity contribution in [2.45, 2.75) is 71.3 Å². The zero-order valence-corrected chi connectivity index (χ0v) is 12.9. The molecule has 0 radical (unpaired) electrons. The van der Waals surface area contributed by atoms with Crippen LogP contribution in [0.1, 0.15) is 65.2 Å². The maximum atomic E-state index is 4.24. The highest BCUT2D eigenvalue weighted by Gasteiger charge is 2.51. The highest BCUT2D eigenvalue weighted by Crippen LogP contribution is 2.61. The van der Waals surface area contributed by atoms with Gasteiger partial charge in [-0.25, -0.2) is 0 Å². The van der Waals surface area contributed by atoms with E-state index in [4.69, 9.17) is 0 Å². The summed E-state index contributed by atoms with van der Waals surface area (Å²) in [7, 11) is 0. The Bertz CT molecular complexity index is 308. The maximum absolute atomic E-state index is 4.24. The molecule has 1 atom stereocenters. The molecule has 4 saturated carbocycles. The van der Waals surface area contributed by atoms with E-state index in [9.17, 15) is 0 Å². The Balaban J connectivity index is 1.68. The minimum atomic E-state index is 0.566. The fraction of sp³-hybridized carbons (Fsp3) is 0.889. The zero-order chi connectivity index (χ0) is 13.5. The minimum absolute atomic E-state index is 0.566. The van der Waals surface area contributed by atoms with E-state index in [-0.39, 0.29) is 0 Å². The lowest BCUT2D eigenvalue weighted by molar-refractivity contribution is -0.0603. The van der Waals surface area contributed by atoms with Gasteiger partial charge in [-0.3, -0.25) is 0 Å². The van der Waals surface area contributed by atoms with Gasteiger partial charge in [0.2, 0.25) is 0 Å². The van der Waals surface area contributed by atoms with Crippen LogP contribution in [0.3, 0.4) is 0 Å². The van der Waals surface area contributed by atoms with Gasteiger partial charge in [0, 0.05) is 6.04 Å². The molecule has 1 unspecified atom stereocenters. The predicted octanol–water partition coefficient (Wildman–Crippen LogP) is 4.54. The molecule has 4 bridgehead atoms. The Morgan fingerprint density at radius 2 is 1.68 bits per heavy atom. The average molecular weight is 261 g/mol. The Morgan fingerprint density at radius 1 is 1.16 bits per heavy atom. The van der Waals surface area contributed by atoms with Crippen LogP contribution in [-0.2, 0) is 0 Å². The third-order valence-electron chi connectivity index (χ3n) is 6.04. The number of rotatable bonds is 6. The fourth-order valence-electron chi connectivity index (χ4n) is 5.71. The van der Waals surface area contributed by atoms with Crippen molar-refractivity contribution in [3.8, 4) is 0 Å². The van der Waals surface area contributed by atoms with Gasteiger partial charge < -0.3 is 5.32 Å². The molecular formula is C18H31N. The van der Waals surface area contributed by atoms with Crippen LogP contribution in [0.4, 0.5) is 0 Å². The van der Waals surface area contributed by atoms with Crippen molar-refractivity contribution in [2.75, 3.05) is 6.54 Å². The van der Waals surface area contributed by atoms with E-state index in [1.807, 2.05) is 0 Å². The van der Waals surface area contributed by atoms with Gasteiger partial charge >= 0.3 is 0 Å². The van der Waals surface area contributed by atoms with Gasteiger partial charge in [0.1, 0.15) is 0 Å². The second kappa shape index (κ2) is 5.24. The van der Waals surface area contributed by atoms with Crippen molar-refractivity contribution in [3.63, 3.8) is 0 Å². The van der Waals surface area contributed by atoms with Crippen LogP contribution >= 0.6 is 0 Å².